The minimum atomic E-state index is 0.962. The number of aromatic nitrogens is 3. The molecule has 0 unspecified atom stereocenters. The second-order valence-electron chi connectivity index (χ2n) is 11.2. The fourth-order valence-electron chi connectivity index (χ4n) is 6.81. The zero-order valence-corrected chi connectivity index (χ0v) is 23.9. The molecule has 206 valence electrons. The van der Waals surface area contributed by atoms with Crippen molar-refractivity contribution in [1.82, 2.24) is 14.1 Å². The largest absolute Gasteiger partial charge is 0.309 e. The minimum Gasteiger partial charge on any atom is -0.309 e. The highest BCUT2D eigenvalue weighted by atomic mass is 15.0. The van der Waals surface area contributed by atoms with E-state index in [1.165, 1.54) is 49.4 Å². The number of nitrogens with zero attached hydrogens (tertiary/aromatic N) is 3. The Morgan fingerprint density at radius 2 is 1.02 bits per heavy atom. The van der Waals surface area contributed by atoms with Crippen LogP contribution in [-0.2, 0) is 0 Å². The van der Waals surface area contributed by atoms with Gasteiger partial charge in [0.1, 0.15) is 5.65 Å². The van der Waals surface area contributed by atoms with Gasteiger partial charge in [0, 0.05) is 44.7 Å². The van der Waals surface area contributed by atoms with Gasteiger partial charge >= 0.3 is 0 Å². The zero-order valence-electron chi connectivity index (χ0n) is 23.9. The van der Waals surface area contributed by atoms with Gasteiger partial charge < -0.3 is 4.57 Å². The van der Waals surface area contributed by atoms with Crippen molar-refractivity contribution in [2.75, 3.05) is 0 Å². The van der Waals surface area contributed by atoms with Crippen LogP contribution in [0.1, 0.15) is 0 Å². The minimum absolute atomic E-state index is 0.962. The van der Waals surface area contributed by atoms with E-state index in [4.69, 9.17) is 4.98 Å². The zero-order chi connectivity index (χ0) is 29.0. The van der Waals surface area contributed by atoms with E-state index in [2.05, 4.69) is 161 Å². The van der Waals surface area contributed by atoms with E-state index in [9.17, 15) is 0 Å². The van der Waals surface area contributed by atoms with Gasteiger partial charge in [0.2, 0.25) is 0 Å². The summed E-state index contributed by atoms with van der Waals surface area (Å²) in [5, 5.41) is 4.85. The number of hydrogen-bond acceptors (Lipinski definition) is 1. The average Bonchev–Trinajstić information content (AvgIpc) is 3.62. The van der Waals surface area contributed by atoms with Crippen molar-refractivity contribution < 1.29 is 0 Å². The van der Waals surface area contributed by atoms with Gasteiger partial charge in [0.15, 0.2) is 0 Å². The van der Waals surface area contributed by atoms with Gasteiger partial charge in [-0.15, -0.1) is 0 Å². The maximum atomic E-state index is 4.87. The van der Waals surface area contributed by atoms with E-state index in [1.807, 2.05) is 12.3 Å². The predicted octanol–water partition coefficient (Wildman–Crippen LogP) is 10.6. The van der Waals surface area contributed by atoms with E-state index in [1.54, 1.807) is 0 Å². The molecule has 0 N–H and O–H groups in total. The third kappa shape index (κ3) is 3.73. The van der Waals surface area contributed by atoms with Crippen molar-refractivity contribution in [3.05, 3.63) is 164 Å². The number of para-hydroxylation sites is 3. The molecule has 0 amide bonds. The maximum Gasteiger partial charge on any atom is 0.145 e. The van der Waals surface area contributed by atoms with E-state index in [0.717, 1.165) is 27.9 Å². The van der Waals surface area contributed by atoms with Crippen LogP contribution in [0.3, 0.4) is 0 Å². The van der Waals surface area contributed by atoms with Crippen molar-refractivity contribution in [1.29, 1.82) is 0 Å². The first kappa shape index (κ1) is 24.6. The van der Waals surface area contributed by atoms with Crippen molar-refractivity contribution in [3.63, 3.8) is 0 Å². The van der Waals surface area contributed by atoms with Crippen LogP contribution in [-0.4, -0.2) is 14.1 Å². The Morgan fingerprint density at radius 1 is 0.386 bits per heavy atom. The summed E-state index contributed by atoms with van der Waals surface area (Å²) in [5.41, 5.74) is 11.6. The van der Waals surface area contributed by atoms with Gasteiger partial charge in [-0.2, -0.15) is 0 Å². The van der Waals surface area contributed by atoms with Crippen LogP contribution in [0.25, 0.3) is 77.4 Å². The van der Waals surface area contributed by atoms with Gasteiger partial charge in [-0.05, 0) is 71.3 Å². The van der Waals surface area contributed by atoms with Gasteiger partial charge in [0.25, 0.3) is 0 Å². The van der Waals surface area contributed by atoms with Crippen LogP contribution in [0, 0.1) is 0 Å². The lowest BCUT2D eigenvalue weighted by Crippen LogP contribution is -1.96. The standard InChI is InChI=1S/C41H27N3/c1-3-11-28(12-4-1)29-20-23-32(24-21-29)44-39-25-22-30(27-37(39)36-18-10-26-42-41(36)44)33-16-9-17-35-34-15-7-8-19-38(34)43(40(33)35)31-13-5-2-6-14-31/h1-27H. The molecule has 3 heterocycles. The summed E-state index contributed by atoms with van der Waals surface area (Å²) in [6.07, 6.45) is 1.88. The van der Waals surface area contributed by atoms with E-state index in [-0.39, 0.29) is 0 Å². The van der Waals surface area contributed by atoms with Crippen LogP contribution < -0.4 is 0 Å². The Kier molecular flexibility index (Phi) is 5.50. The number of hydrogen-bond donors (Lipinski definition) is 0. The Hall–Kier alpha value is -5.93. The van der Waals surface area contributed by atoms with Crippen LogP contribution >= 0.6 is 0 Å². The quantitative estimate of drug-likeness (QED) is 0.210. The highest BCUT2D eigenvalue weighted by molar-refractivity contribution is 6.15. The topological polar surface area (TPSA) is 22.8 Å². The van der Waals surface area contributed by atoms with Gasteiger partial charge in [0.05, 0.1) is 16.6 Å². The Balaban J connectivity index is 1.27. The third-order valence-corrected chi connectivity index (χ3v) is 8.78. The van der Waals surface area contributed by atoms with E-state index < -0.39 is 0 Å². The lowest BCUT2D eigenvalue weighted by Gasteiger charge is -2.12. The summed E-state index contributed by atoms with van der Waals surface area (Å²) >= 11 is 0. The summed E-state index contributed by atoms with van der Waals surface area (Å²) in [6, 6.07) is 56.4. The van der Waals surface area contributed by atoms with E-state index >= 15 is 0 Å². The molecule has 3 heteroatoms. The van der Waals surface area contributed by atoms with Crippen LogP contribution in [0.4, 0.5) is 0 Å². The average molecular weight is 562 g/mol. The SMILES string of the molecule is c1ccc(-c2ccc(-n3c4ccc(-c5cccc6c7ccccc7n(-c7ccccc7)c56)cc4c4cccnc43)cc2)cc1. The monoisotopic (exact) mass is 561 g/mol. The van der Waals surface area contributed by atoms with Crippen LogP contribution in [0.15, 0.2) is 164 Å². The first-order chi connectivity index (χ1) is 21.8. The molecular weight excluding hydrogens is 534 g/mol. The summed E-state index contributed by atoms with van der Waals surface area (Å²) in [7, 11) is 0. The van der Waals surface area contributed by atoms with Gasteiger partial charge in [-0.1, -0.05) is 103 Å². The molecule has 0 aliphatic carbocycles. The Morgan fingerprint density at radius 3 is 1.86 bits per heavy atom. The van der Waals surface area contributed by atoms with Crippen molar-refractivity contribution in [2.45, 2.75) is 0 Å². The molecule has 0 spiro atoms. The Bertz CT molecular complexity index is 2470. The Labute approximate surface area is 254 Å². The molecule has 9 aromatic rings. The number of rotatable bonds is 4. The fraction of sp³-hybridized carbons (Fsp3) is 0. The number of pyridine rings is 1. The fourth-order valence-corrected chi connectivity index (χ4v) is 6.81. The molecule has 9 rings (SSSR count). The molecule has 0 bridgehead atoms. The summed E-state index contributed by atoms with van der Waals surface area (Å²) in [6.45, 7) is 0. The molecular formula is C41H27N3. The number of fused-ring (bicyclic) bond motifs is 6. The highest BCUT2D eigenvalue weighted by Crippen LogP contribution is 2.40. The lowest BCUT2D eigenvalue weighted by atomic mass is 10.00. The van der Waals surface area contributed by atoms with Crippen molar-refractivity contribution >= 4 is 43.7 Å². The summed E-state index contributed by atoms with van der Waals surface area (Å²) in [4.78, 5) is 4.87. The van der Waals surface area contributed by atoms with Crippen LogP contribution in [0.2, 0.25) is 0 Å². The summed E-state index contributed by atoms with van der Waals surface area (Å²) in [5.74, 6) is 0. The first-order valence-corrected chi connectivity index (χ1v) is 15.0. The number of benzene rings is 6. The molecule has 0 saturated heterocycles. The second-order valence-corrected chi connectivity index (χ2v) is 11.2. The lowest BCUT2D eigenvalue weighted by molar-refractivity contribution is 1.14. The smallest absolute Gasteiger partial charge is 0.145 e. The molecule has 44 heavy (non-hydrogen) atoms. The molecule has 0 aliphatic heterocycles. The molecule has 0 radical (unpaired) electrons. The molecule has 0 atom stereocenters. The maximum absolute atomic E-state index is 4.87. The first-order valence-electron chi connectivity index (χ1n) is 15.0. The predicted molar refractivity (Wildman–Crippen MR) is 184 cm³/mol. The molecule has 3 aromatic heterocycles. The molecule has 6 aromatic carbocycles. The highest BCUT2D eigenvalue weighted by Gasteiger charge is 2.18. The summed E-state index contributed by atoms with van der Waals surface area (Å²) < 4.78 is 4.69. The van der Waals surface area contributed by atoms with E-state index in [0.29, 0.717) is 0 Å². The van der Waals surface area contributed by atoms with Crippen molar-refractivity contribution in [3.8, 4) is 33.6 Å². The van der Waals surface area contributed by atoms with Crippen molar-refractivity contribution in [2.24, 2.45) is 0 Å². The molecule has 0 fully saturated rings. The van der Waals surface area contributed by atoms with Crippen LogP contribution in [0.5, 0.6) is 0 Å². The third-order valence-electron chi connectivity index (χ3n) is 8.78. The second kappa shape index (κ2) is 9.82. The van der Waals surface area contributed by atoms with Gasteiger partial charge in [-0.25, -0.2) is 4.98 Å². The molecule has 3 nitrogen and oxygen atoms in total. The van der Waals surface area contributed by atoms with Gasteiger partial charge in [-0.3, -0.25) is 4.57 Å². The normalized spacial score (nSPS) is 11.6. The molecule has 0 aliphatic rings. The molecule has 0 saturated carbocycles.